The van der Waals surface area contributed by atoms with Gasteiger partial charge >= 0.3 is 11.9 Å². The predicted molar refractivity (Wildman–Crippen MR) is 131 cm³/mol. The molecule has 1 unspecified atom stereocenters. The van der Waals surface area contributed by atoms with Gasteiger partial charge in [-0.15, -0.1) is 0 Å². The van der Waals surface area contributed by atoms with E-state index in [4.69, 9.17) is 5.11 Å². The van der Waals surface area contributed by atoms with E-state index in [-0.39, 0.29) is 35.4 Å². The van der Waals surface area contributed by atoms with E-state index < -0.39 is 35.7 Å². The van der Waals surface area contributed by atoms with Gasteiger partial charge in [0, 0.05) is 24.8 Å². The number of aryl methyl sites for hydroxylation is 1. The third kappa shape index (κ3) is 7.38. The molecular formula is C23H31N7O7. The molecule has 3 rings (SSSR count). The van der Waals surface area contributed by atoms with Crippen LogP contribution in [0.1, 0.15) is 61.9 Å². The van der Waals surface area contributed by atoms with Crippen LogP contribution in [0.25, 0.3) is 0 Å². The Morgan fingerprint density at radius 2 is 1.92 bits per heavy atom. The zero-order valence-electron chi connectivity index (χ0n) is 20.8. The molecule has 0 aliphatic carbocycles. The molecule has 0 aromatic carbocycles. The van der Waals surface area contributed by atoms with Gasteiger partial charge in [0.2, 0.25) is 11.9 Å². The predicted octanol–water partition coefficient (Wildman–Crippen LogP) is 0.742. The highest BCUT2D eigenvalue weighted by molar-refractivity contribution is 5.95. The zero-order valence-corrected chi connectivity index (χ0v) is 20.8. The zero-order chi connectivity index (χ0) is 27.3. The summed E-state index contributed by atoms with van der Waals surface area (Å²) < 4.78 is 0. The Morgan fingerprint density at radius 1 is 1.19 bits per heavy atom. The van der Waals surface area contributed by atoms with Gasteiger partial charge < -0.3 is 25.8 Å². The second-order valence-electron chi connectivity index (χ2n) is 9.98. The van der Waals surface area contributed by atoms with Gasteiger partial charge in [-0.2, -0.15) is 4.98 Å². The van der Waals surface area contributed by atoms with Crippen LogP contribution < -0.4 is 21.5 Å². The molecule has 3 heterocycles. The summed E-state index contributed by atoms with van der Waals surface area (Å²) in [5.74, 6) is -2.34. The molecule has 2 amide bonds. The van der Waals surface area contributed by atoms with Gasteiger partial charge in [0.25, 0.3) is 11.5 Å². The fourth-order valence-corrected chi connectivity index (χ4v) is 3.70. The number of imidazole rings is 1. The molecule has 14 heteroatoms. The molecule has 37 heavy (non-hydrogen) atoms. The number of aliphatic carboxylic acids is 2. The molecule has 0 bridgehead atoms. The molecule has 0 radical (unpaired) electrons. The summed E-state index contributed by atoms with van der Waals surface area (Å²) in [5.41, 5.74) is -0.420. The third-order valence-electron chi connectivity index (χ3n) is 5.89. The lowest BCUT2D eigenvalue weighted by molar-refractivity contribution is -0.140. The first-order chi connectivity index (χ1) is 17.3. The molecule has 7 N–H and O–H groups in total. The van der Waals surface area contributed by atoms with Crippen LogP contribution in [0.15, 0.2) is 11.0 Å². The molecule has 200 valence electrons. The first-order valence-corrected chi connectivity index (χ1v) is 11.8. The van der Waals surface area contributed by atoms with Crippen molar-refractivity contribution >= 4 is 35.5 Å². The molecule has 2 aromatic rings. The lowest BCUT2D eigenvalue weighted by Crippen LogP contribution is -2.41. The van der Waals surface area contributed by atoms with Crippen LogP contribution in [-0.2, 0) is 27.2 Å². The van der Waals surface area contributed by atoms with Crippen LogP contribution in [0.3, 0.4) is 0 Å². The summed E-state index contributed by atoms with van der Waals surface area (Å²) in [4.78, 5) is 73.1. The van der Waals surface area contributed by atoms with Gasteiger partial charge in [0.15, 0.2) is 0 Å². The number of carboxylic acids is 2. The molecule has 0 fully saturated rings. The van der Waals surface area contributed by atoms with Gasteiger partial charge in [0.05, 0.1) is 11.8 Å². The van der Waals surface area contributed by atoms with Gasteiger partial charge in [-0.05, 0) is 25.2 Å². The number of aromatic amines is 2. The Labute approximate surface area is 211 Å². The largest absolute Gasteiger partial charge is 0.481 e. The second kappa shape index (κ2) is 11.2. The van der Waals surface area contributed by atoms with Crippen LogP contribution in [0.2, 0.25) is 0 Å². The summed E-state index contributed by atoms with van der Waals surface area (Å²) in [6.45, 7) is 5.82. The summed E-state index contributed by atoms with van der Waals surface area (Å²) in [6.07, 6.45) is 2.23. The smallest absolute Gasteiger partial charge is 0.326 e. The summed E-state index contributed by atoms with van der Waals surface area (Å²) in [5, 5.41) is 26.0. The molecule has 0 spiro atoms. The monoisotopic (exact) mass is 517 g/mol. The van der Waals surface area contributed by atoms with Crippen LogP contribution in [0, 0.1) is 11.3 Å². The van der Waals surface area contributed by atoms with E-state index in [0.29, 0.717) is 43.0 Å². The van der Waals surface area contributed by atoms with Crippen molar-refractivity contribution in [3.63, 3.8) is 0 Å². The average molecular weight is 518 g/mol. The van der Waals surface area contributed by atoms with Crippen molar-refractivity contribution in [2.45, 2.75) is 58.9 Å². The van der Waals surface area contributed by atoms with E-state index in [1.165, 1.54) is 6.20 Å². The van der Waals surface area contributed by atoms with E-state index in [1.807, 2.05) is 0 Å². The van der Waals surface area contributed by atoms with E-state index in [1.54, 1.807) is 20.8 Å². The standard InChI is InChI=1S/C23H31N7O7/c1-23(2,3)21(37)30-22-28-17-12(18(33)29-22)8-11(9-25-17)4-6-15-24-10-14(26-15)19(34)27-13(20(35)36)5-7-16(31)32/h10-11,13H,4-9H2,1-3H3,(H,24,26)(H,27,34)(H,31,32)(H,35,36)(H3,25,28,29,30,33,37)/t11?,13-/m0/s1. The van der Waals surface area contributed by atoms with Crippen molar-refractivity contribution in [2.75, 3.05) is 17.2 Å². The number of rotatable bonds is 10. The van der Waals surface area contributed by atoms with E-state index >= 15 is 0 Å². The Balaban J connectivity index is 1.56. The average Bonchev–Trinajstić information content (AvgIpc) is 3.29. The van der Waals surface area contributed by atoms with Gasteiger partial charge in [-0.1, -0.05) is 20.8 Å². The minimum atomic E-state index is -1.34. The van der Waals surface area contributed by atoms with E-state index in [9.17, 15) is 29.1 Å². The number of nitrogens with zero attached hydrogens (tertiary/aromatic N) is 2. The maximum absolute atomic E-state index is 12.6. The normalized spacial score (nSPS) is 15.7. The molecule has 14 nitrogen and oxygen atoms in total. The molecule has 2 aromatic heterocycles. The number of carboxylic acid groups (broad SMARTS) is 2. The van der Waals surface area contributed by atoms with Gasteiger partial charge in [-0.25, -0.2) is 9.78 Å². The first-order valence-electron chi connectivity index (χ1n) is 11.8. The Hall–Kier alpha value is -4.23. The minimum absolute atomic E-state index is 0.0640. The number of anilines is 2. The number of carbonyl (C=O) groups is 4. The Morgan fingerprint density at radius 3 is 2.57 bits per heavy atom. The molecule has 2 atom stereocenters. The van der Waals surface area contributed by atoms with Gasteiger partial charge in [0.1, 0.15) is 23.4 Å². The number of hydrogen-bond donors (Lipinski definition) is 7. The summed E-state index contributed by atoms with van der Waals surface area (Å²) in [7, 11) is 0. The summed E-state index contributed by atoms with van der Waals surface area (Å²) in [6, 6.07) is -1.34. The summed E-state index contributed by atoms with van der Waals surface area (Å²) >= 11 is 0. The fourth-order valence-electron chi connectivity index (χ4n) is 3.70. The maximum Gasteiger partial charge on any atom is 0.326 e. The number of hydrogen-bond acceptors (Lipinski definition) is 8. The first kappa shape index (κ1) is 27.4. The third-order valence-corrected chi connectivity index (χ3v) is 5.89. The SMILES string of the molecule is CC(C)(C)C(=O)Nc1nc2c(c(=O)[nH]1)CC(CCc1ncc(C(=O)N[C@@H](CCC(=O)O)C(=O)O)[nH]1)CN2. The molecule has 1 aliphatic rings. The minimum Gasteiger partial charge on any atom is -0.481 e. The number of amides is 2. The number of carbonyl (C=O) groups excluding carboxylic acids is 2. The maximum atomic E-state index is 12.6. The van der Waals surface area contributed by atoms with Crippen molar-refractivity contribution in [1.82, 2.24) is 25.3 Å². The van der Waals surface area contributed by atoms with Crippen LogP contribution in [0.4, 0.5) is 11.8 Å². The Kier molecular flexibility index (Phi) is 8.30. The highest BCUT2D eigenvalue weighted by Crippen LogP contribution is 2.24. The second-order valence-corrected chi connectivity index (χ2v) is 9.98. The number of aromatic nitrogens is 4. The van der Waals surface area contributed by atoms with Crippen LogP contribution in [0.5, 0.6) is 0 Å². The lowest BCUT2D eigenvalue weighted by atomic mass is 9.92. The van der Waals surface area contributed by atoms with Crippen molar-refractivity contribution in [3.05, 3.63) is 33.6 Å². The highest BCUT2D eigenvalue weighted by Gasteiger charge is 2.26. The topological polar surface area (TPSA) is 219 Å². The fraction of sp³-hybridized carbons (Fsp3) is 0.522. The van der Waals surface area contributed by atoms with Crippen molar-refractivity contribution in [3.8, 4) is 0 Å². The highest BCUT2D eigenvalue weighted by atomic mass is 16.4. The van der Waals surface area contributed by atoms with Crippen molar-refractivity contribution < 1.29 is 29.4 Å². The Bertz CT molecular complexity index is 1240. The lowest BCUT2D eigenvalue weighted by Gasteiger charge is -2.25. The van der Waals surface area contributed by atoms with Gasteiger partial charge in [-0.3, -0.25) is 29.5 Å². The number of nitrogens with one attached hydrogen (secondary N) is 5. The number of fused-ring (bicyclic) bond motifs is 1. The number of H-pyrrole nitrogens is 2. The van der Waals surface area contributed by atoms with E-state index in [0.717, 1.165) is 0 Å². The molecular weight excluding hydrogens is 486 g/mol. The molecule has 0 saturated carbocycles. The van der Waals surface area contributed by atoms with Crippen LogP contribution >= 0.6 is 0 Å². The van der Waals surface area contributed by atoms with Crippen LogP contribution in [-0.4, -0.2) is 66.5 Å². The molecule has 1 aliphatic heterocycles. The van der Waals surface area contributed by atoms with E-state index in [2.05, 4.69) is 35.9 Å². The van der Waals surface area contributed by atoms with Crippen molar-refractivity contribution in [2.24, 2.45) is 11.3 Å². The quantitative estimate of drug-likeness (QED) is 0.234. The van der Waals surface area contributed by atoms with Crippen molar-refractivity contribution in [1.29, 1.82) is 0 Å². The molecule has 0 saturated heterocycles.